The molecule has 146 valence electrons. The van der Waals surface area contributed by atoms with Crippen molar-refractivity contribution in [2.24, 2.45) is 0 Å². The van der Waals surface area contributed by atoms with Gasteiger partial charge in [0.2, 0.25) is 5.91 Å². The molecule has 3 saturated heterocycles. The molecule has 8 heteroatoms. The van der Waals surface area contributed by atoms with E-state index in [0.29, 0.717) is 45.0 Å². The maximum Gasteiger partial charge on any atom is 0.255 e. The summed E-state index contributed by atoms with van der Waals surface area (Å²) in [5, 5.41) is 0. The number of hydrogen-bond donors (Lipinski definition) is 0. The van der Waals surface area contributed by atoms with Crippen LogP contribution in [0.2, 0.25) is 0 Å². The van der Waals surface area contributed by atoms with Crippen LogP contribution in [-0.2, 0) is 14.3 Å². The predicted octanol–water partition coefficient (Wildman–Crippen LogP) is 0.729. The lowest BCUT2D eigenvalue weighted by molar-refractivity contribution is -0.169. The van der Waals surface area contributed by atoms with Crippen molar-refractivity contribution in [2.75, 3.05) is 57.4 Å². The third-order valence-electron chi connectivity index (χ3n) is 5.67. The SMILES string of the molecule is CC(=O)N1CCN(C(=O)c2ccc(N3CCC4(CC3)OCCO4)nc2)CC1. The predicted molar refractivity (Wildman–Crippen MR) is 98.5 cm³/mol. The first kappa shape index (κ1) is 18.2. The quantitative estimate of drug-likeness (QED) is 0.760. The van der Waals surface area contributed by atoms with E-state index in [-0.39, 0.29) is 11.8 Å². The molecule has 27 heavy (non-hydrogen) atoms. The number of rotatable bonds is 2. The van der Waals surface area contributed by atoms with Gasteiger partial charge in [-0.1, -0.05) is 0 Å². The largest absolute Gasteiger partial charge is 0.356 e. The van der Waals surface area contributed by atoms with Gasteiger partial charge in [0.05, 0.1) is 18.8 Å². The molecule has 0 unspecified atom stereocenters. The zero-order valence-electron chi connectivity index (χ0n) is 15.7. The maximum absolute atomic E-state index is 12.7. The van der Waals surface area contributed by atoms with Crippen LogP contribution in [-0.4, -0.2) is 84.9 Å². The number of anilines is 1. The highest BCUT2D eigenvalue weighted by Crippen LogP contribution is 2.32. The average molecular weight is 374 g/mol. The highest BCUT2D eigenvalue weighted by atomic mass is 16.7. The minimum atomic E-state index is -0.394. The molecule has 0 atom stereocenters. The summed E-state index contributed by atoms with van der Waals surface area (Å²) in [5.41, 5.74) is 0.589. The molecule has 2 amide bonds. The summed E-state index contributed by atoms with van der Waals surface area (Å²) in [5.74, 6) is 0.516. The molecular formula is C19H26N4O4. The molecule has 1 aromatic rings. The number of piperidine rings is 1. The summed E-state index contributed by atoms with van der Waals surface area (Å²) >= 11 is 0. The van der Waals surface area contributed by atoms with Crippen molar-refractivity contribution in [3.05, 3.63) is 23.9 Å². The summed E-state index contributed by atoms with van der Waals surface area (Å²) in [6, 6.07) is 3.75. The monoisotopic (exact) mass is 374 g/mol. The molecular weight excluding hydrogens is 348 g/mol. The summed E-state index contributed by atoms with van der Waals surface area (Å²) in [4.78, 5) is 34.3. The van der Waals surface area contributed by atoms with E-state index in [4.69, 9.17) is 9.47 Å². The Labute approximate surface area is 159 Å². The molecule has 0 aliphatic carbocycles. The van der Waals surface area contributed by atoms with Gasteiger partial charge in [-0.2, -0.15) is 0 Å². The van der Waals surface area contributed by atoms with Gasteiger partial charge in [0.25, 0.3) is 5.91 Å². The van der Waals surface area contributed by atoms with E-state index in [1.807, 2.05) is 12.1 Å². The van der Waals surface area contributed by atoms with Gasteiger partial charge in [0.15, 0.2) is 5.79 Å². The van der Waals surface area contributed by atoms with E-state index in [1.54, 1.807) is 22.9 Å². The number of carbonyl (C=O) groups excluding carboxylic acids is 2. The minimum Gasteiger partial charge on any atom is -0.356 e. The van der Waals surface area contributed by atoms with Crippen molar-refractivity contribution in [1.82, 2.24) is 14.8 Å². The lowest BCUT2D eigenvalue weighted by Gasteiger charge is -2.38. The smallest absolute Gasteiger partial charge is 0.255 e. The Morgan fingerprint density at radius 3 is 2.15 bits per heavy atom. The molecule has 3 aliphatic heterocycles. The molecule has 3 aliphatic rings. The second kappa shape index (κ2) is 7.44. The Morgan fingerprint density at radius 2 is 1.59 bits per heavy atom. The lowest BCUT2D eigenvalue weighted by Crippen LogP contribution is -2.50. The third-order valence-corrected chi connectivity index (χ3v) is 5.67. The highest BCUT2D eigenvalue weighted by molar-refractivity contribution is 5.94. The summed E-state index contributed by atoms with van der Waals surface area (Å²) < 4.78 is 11.5. The second-order valence-electron chi connectivity index (χ2n) is 7.30. The van der Waals surface area contributed by atoms with Crippen LogP contribution in [0.1, 0.15) is 30.1 Å². The third kappa shape index (κ3) is 3.77. The summed E-state index contributed by atoms with van der Waals surface area (Å²) in [6.07, 6.45) is 3.31. The van der Waals surface area contributed by atoms with Crippen LogP contribution in [0.3, 0.4) is 0 Å². The fraction of sp³-hybridized carbons (Fsp3) is 0.632. The van der Waals surface area contributed by atoms with Crippen LogP contribution >= 0.6 is 0 Å². The van der Waals surface area contributed by atoms with Crippen molar-refractivity contribution in [2.45, 2.75) is 25.6 Å². The molecule has 3 fully saturated rings. The Bertz CT molecular complexity index is 684. The average Bonchev–Trinajstić information content (AvgIpc) is 3.16. The molecule has 0 radical (unpaired) electrons. The first-order chi connectivity index (χ1) is 13.1. The van der Waals surface area contributed by atoms with Crippen LogP contribution < -0.4 is 4.90 Å². The number of pyridine rings is 1. The topological polar surface area (TPSA) is 75.2 Å². The molecule has 0 saturated carbocycles. The Balaban J connectivity index is 1.34. The van der Waals surface area contributed by atoms with Gasteiger partial charge < -0.3 is 24.2 Å². The van der Waals surface area contributed by atoms with Crippen LogP contribution in [0.25, 0.3) is 0 Å². The number of carbonyl (C=O) groups is 2. The van der Waals surface area contributed by atoms with Crippen LogP contribution in [0.4, 0.5) is 5.82 Å². The highest BCUT2D eigenvalue weighted by Gasteiger charge is 2.40. The normalized spacial score (nSPS) is 22.3. The van der Waals surface area contributed by atoms with Gasteiger partial charge in [-0.05, 0) is 12.1 Å². The van der Waals surface area contributed by atoms with Gasteiger partial charge in [0.1, 0.15) is 5.82 Å². The first-order valence-electron chi connectivity index (χ1n) is 9.60. The molecule has 1 spiro atoms. The maximum atomic E-state index is 12.7. The zero-order chi connectivity index (χ0) is 18.9. The number of hydrogen-bond acceptors (Lipinski definition) is 6. The molecule has 0 N–H and O–H groups in total. The number of aromatic nitrogens is 1. The molecule has 1 aromatic heterocycles. The van der Waals surface area contributed by atoms with Gasteiger partial charge in [-0.3, -0.25) is 9.59 Å². The number of piperazine rings is 1. The Kier molecular flexibility index (Phi) is 5.01. The van der Waals surface area contributed by atoms with E-state index in [0.717, 1.165) is 31.7 Å². The summed E-state index contributed by atoms with van der Waals surface area (Å²) in [7, 11) is 0. The fourth-order valence-corrected chi connectivity index (χ4v) is 3.97. The number of nitrogens with zero attached hydrogens (tertiary/aromatic N) is 4. The van der Waals surface area contributed by atoms with Crippen LogP contribution in [0.5, 0.6) is 0 Å². The summed E-state index contributed by atoms with van der Waals surface area (Å²) in [6.45, 7) is 6.88. The molecule has 0 aromatic carbocycles. The van der Waals surface area contributed by atoms with Crippen molar-refractivity contribution >= 4 is 17.6 Å². The fourth-order valence-electron chi connectivity index (χ4n) is 3.97. The standard InChI is InChI=1S/C19H26N4O4/c1-15(24)21-8-10-23(11-9-21)18(25)16-2-3-17(20-14-16)22-6-4-19(5-7-22)26-12-13-27-19/h2-3,14H,4-13H2,1H3. The number of ether oxygens (including phenoxy) is 2. The molecule has 4 rings (SSSR count). The Morgan fingerprint density at radius 1 is 0.963 bits per heavy atom. The van der Waals surface area contributed by atoms with E-state index < -0.39 is 5.79 Å². The van der Waals surface area contributed by atoms with Crippen molar-refractivity contribution in [1.29, 1.82) is 0 Å². The second-order valence-corrected chi connectivity index (χ2v) is 7.30. The van der Waals surface area contributed by atoms with Gasteiger partial charge in [-0.15, -0.1) is 0 Å². The van der Waals surface area contributed by atoms with Crippen LogP contribution in [0.15, 0.2) is 18.3 Å². The molecule has 4 heterocycles. The van der Waals surface area contributed by atoms with Crippen molar-refractivity contribution in [3.8, 4) is 0 Å². The van der Waals surface area contributed by atoms with Gasteiger partial charge in [0, 0.05) is 65.2 Å². The molecule has 0 bridgehead atoms. The van der Waals surface area contributed by atoms with Crippen molar-refractivity contribution in [3.63, 3.8) is 0 Å². The minimum absolute atomic E-state index is 0.0254. The lowest BCUT2D eigenvalue weighted by atomic mass is 10.0. The van der Waals surface area contributed by atoms with Crippen molar-refractivity contribution < 1.29 is 19.1 Å². The van der Waals surface area contributed by atoms with Gasteiger partial charge >= 0.3 is 0 Å². The first-order valence-corrected chi connectivity index (χ1v) is 9.60. The van der Waals surface area contributed by atoms with E-state index in [1.165, 1.54) is 0 Å². The van der Waals surface area contributed by atoms with Gasteiger partial charge in [-0.25, -0.2) is 4.98 Å². The van der Waals surface area contributed by atoms with Crippen LogP contribution in [0, 0.1) is 0 Å². The number of amides is 2. The molecule has 8 nitrogen and oxygen atoms in total. The van der Waals surface area contributed by atoms with E-state index >= 15 is 0 Å². The Hall–Kier alpha value is -2.19. The van der Waals surface area contributed by atoms with E-state index in [2.05, 4.69) is 9.88 Å². The zero-order valence-corrected chi connectivity index (χ0v) is 15.7. The van der Waals surface area contributed by atoms with E-state index in [9.17, 15) is 9.59 Å².